The summed E-state index contributed by atoms with van der Waals surface area (Å²) in [5, 5.41) is 0. The lowest BCUT2D eigenvalue weighted by Crippen LogP contribution is -2.11. The van der Waals surface area contributed by atoms with Crippen LogP contribution in [-0.2, 0) is 19.3 Å². The summed E-state index contributed by atoms with van der Waals surface area (Å²) >= 11 is 1.94. The molecule has 1 aliphatic rings. The lowest BCUT2D eigenvalue weighted by atomic mass is 9.98. The van der Waals surface area contributed by atoms with Crippen molar-refractivity contribution in [1.29, 1.82) is 0 Å². The van der Waals surface area contributed by atoms with Crippen molar-refractivity contribution in [2.45, 2.75) is 45.1 Å². The Morgan fingerprint density at radius 3 is 2.84 bits per heavy atom. The van der Waals surface area contributed by atoms with Crippen LogP contribution in [0.4, 0.5) is 0 Å². The summed E-state index contributed by atoms with van der Waals surface area (Å²) in [4.78, 5) is 2.95. The Labute approximate surface area is 119 Å². The van der Waals surface area contributed by atoms with Gasteiger partial charge in [0.1, 0.15) is 0 Å². The van der Waals surface area contributed by atoms with Gasteiger partial charge < -0.3 is 5.73 Å². The highest BCUT2D eigenvalue weighted by atomic mass is 32.1. The van der Waals surface area contributed by atoms with Gasteiger partial charge in [-0.15, -0.1) is 11.3 Å². The maximum atomic E-state index is 6.40. The minimum absolute atomic E-state index is 0.150. The highest BCUT2D eigenvalue weighted by Gasteiger charge is 2.17. The number of aryl methyl sites for hydroxylation is 3. The highest BCUT2D eigenvalue weighted by Crippen LogP contribution is 2.33. The van der Waals surface area contributed by atoms with Crippen molar-refractivity contribution in [3.05, 3.63) is 56.8 Å². The third-order valence-corrected chi connectivity index (χ3v) is 5.29. The Morgan fingerprint density at radius 1 is 1.21 bits per heavy atom. The van der Waals surface area contributed by atoms with Gasteiger partial charge in [0, 0.05) is 15.8 Å². The molecule has 100 valence electrons. The predicted molar refractivity (Wildman–Crippen MR) is 82.8 cm³/mol. The van der Waals surface area contributed by atoms with E-state index in [9.17, 15) is 0 Å². The van der Waals surface area contributed by atoms with Gasteiger partial charge in [0.05, 0.1) is 0 Å². The van der Waals surface area contributed by atoms with E-state index in [0.717, 1.165) is 6.42 Å². The Kier molecular flexibility index (Phi) is 3.72. The molecule has 1 atom stereocenters. The number of rotatable bonds is 3. The zero-order valence-corrected chi connectivity index (χ0v) is 12.3. The third kappa shape index (κ3) is 2.90. The zero-order chi connectivity index (χ0) is 13.2. The Morgan fingerprint density at radius 2 is 2.05 bits per heavy atom. The molecule has 3 rings (SSSR count). The van der Waals surface area contributed by atoms with Crippen LogP contribution in [0.5, 0.6) is 0 Å². The molecule has 2 N–H and O–H groups in total. The minimum Gasteiger partial charge on any atom is -0.323 e. The molecule has 1 aromatic carbocycles. The molecule has 0 amide bonds. The Hall–Kier alpha value is -1.12. The summed E-state index contributed by atoms with van der Waals surface area (Å²) in [6, 6.07) is 11.2. The van der Waals surface area contributed by atoms with Crippen molar-refractivity contribution in [3.63, 3.8) is 0 Å². The molecule has 1 heterocycles. The van der Waals surface area contributed by atoms with Gasteiger partial charge in [-0.2, -0.15) is 0 Å². The second-order valence-corrected chi connectivity index (χ2v) is 6.77. The summed E-state index contributed by atoms with van der Waals surface area (Å²) < 4.78 is 0. The van der Waals surface area contributed by atoms with Gasteiger partial charge in [0.2, 0.25) is 0 Å². The van der Waals surface area contributed by atoms with Gasteiger partial charge in [-0.05, 0) is 56.2 Å². The first kappa shape index (κ1) is 12.9. The number of nitrogens with two attached hydrogens (primary N) is 1. The number of benzene rings is 1. The molecule has 1 unspecified atom stereocenters. The van der Waals surface area contributed by atoms with Gasteiger partial charge in [-0.25, -0.2) is 0 Å². The van der Waals surface area contributed by atoms with Crippen molar-refractivity contribution in [2.75, 3.05) is 0 Å². The first-order chi connectivity index (χ1) is 9.22. The van der Waals surface area contributed by atoms with Crippen molar-refractivity contribution in [3.8, 4) is 0 Å². The van der Waals surface area contributed by atoms with Crippen molar-refractivity contribution >= 4 is 11.3 Å². The molecule has 2 aromatic rings. The molecular weight excluding hydrogens is 250 g/mol. The molecule has 0 aliphatic heterocycles. The number of fused-ring (bicyclic) bond motifs is 1. The summed E-state index contributed by atoms with van der Waals surface area (Å²) in [6.07, 6.45) is 6.15. The van der Waals surface area contributed by atoms with Crippen LogP contribution in [0.15, 0.2) is 30.3 Å². The average molecular weight is 271 g/mol. The van der Waals surface area contributed by atoms with Crippen LogP contribution in [0.1, 0.15) is 45.3 Å². The van der Waals surface area contributed by atoms with Crippen molar-refractivity contribution < 1.29 is 0 Å². The van der Waals surface area contributed by atoms with E-state index in [-0.39, 0.29) is 6.04 Å². The zero-order valence-electron chi connectivity index (χ0n) is 11.5. The largest absolute Gasteiger partial charge is 0.323 e. The summed E-state index contributed by atoms with van der Waals surface area (Å²) in [5.41, 5.74) is 10.6. The van der Waals surface area contributed by atoms with Gasteiger partial charge in [-0.3, -0.25) is 0 Å². The van der Waals surface area contributed by atoms with E-state index in [1.54, 1.807) is 10.4 Å². The molecule has 1 nitrogen and oxygen atoms in total. The average Bonchev–Trinajstić information content (AvgIpc) is 2.82. The van der Waals surface area contributed by atoms with Crippen molar-refractivity contribution in [2.24, 2.45) is 5.73 Å². The molecule has 0 saturated carbocycles. The van der Waals surface area contributed by atoms with Crippen LogP contribution >= 0.6 is 11.3 Å². The van der Waals surface area contributed by atoms with Crippen LogP contribution in [0, 0.1) is 6.92 Å². The van der Waals surface area contributed by atoms with Gasteiger partial charge in [0.15, 0.2) is 0 Å². The van der Waals surface area contributed by atoms with Crippen LogP contribution in [-0.4, -0.2) is 0 Å². The summed E-state index contributed by atoms with van der Waals surface area (Å²) in [7, 11) is 0. The monoisotopic (exact) mass is 271 g/mol. The number of thiophene rings is 1. The van der Waals surface area contributed by atoms with E-state index >= 15 is 0 Å². The first-order valence-electron chi connectivity index (χ1n) is 7.15. The maximum absolute atomic E-state index is 6.40. The Bertz CT molecular complexity index is 547. The van der Waals surface area contributed by atoms with E-state index < -0.39 is 0 Å². The number of hydrogen-bond donors (Lipinski definition) is 1. The van der Waals surface area contributed by atoms with Gasteiger partial charge in [0.25, 0.3) is 0 Å². The van der Waals surface area contributed by atoms with E-state index in [1.807, 2.05) is 11.3 Å². The smallest absolute Gasteiger partial charge is 0.0430 e. The van der Waals surface area contributed by atoms with E-state index in [4.69, 9.17) is 5.73 Å². The fourth-order valence-electron chi connectivity index (χ4n) is 2.89. The van der Waals surface area contributed by atoms with Crippen LogP contribution in [0.25, 0.3) is 0 Å². The third-order valence-electron chi connectivity index (χ3n) is 3.92. The van der Waals surface area contributed by atoms with E-state index in [0.29, 0.717) is 0 Å². The van der Waals surface area contributed by atoms with Crippen LogP contribution in [0.3, 0.4) is 0 Å². The number of hydrogen-bond acceptors (Lipinski definition) is 2. The van der Waals surface area contributed by atoms with Crippen molar-refractivity contribution in [1.82, 2.24) is 0 Å². The Balaban J connectivity index is 1.76. The summed E-state index contributed by atoms with van der Waals surface area (Å²) in [6.45, 7) is 2.14. The fourth-order valence-corrected chi connectivity index (χ4v) is 4.15. The molecule has 0 bridgehead atoms. The molecule has 0 fully saturated rings. The molecule has 0 radical (unpaired) electrons. The lowest BCUT2D eigenvalue weighted by Gasteiger charge is -2.10. The minimum atomic E-state index is 0.150. The van der Waals surface area contributed by atoms with Crippen LogP contribution in [0.2, 0.25) is 0 Å². The quantitative estimate of drug-likeness (QED) is 0.890. The molecule has 0 saturated heterocycles. The molecule has 1 aliphatic carbocycles. The second-order valence-electron chi connectivity index (χ2n) is 5.60. The standard InChI is InChI=1S/C17H21NS/c1-12-5-4-6-13(9-12)10-15(18)17-11-14-7-2-3-8-16(14)19-17/h4-6,9,11,15H,2-3,7-8,10,18H2,1H3. The fraction of sp³-hybridized carbons (Fsp3) is 0.412. The summed E-state index contributed by atoms with van der Waals surface area (Å²) in [5.74, 6) is 0. The van der Waals surface area contributed by atoms with E-state index in [2.05, 4.69) is 37.3 Å². The maximum Gasteiger partial charge on any atom is 0.0430 e. The molecule has 0 spiro atoms. The molecule has 19 heavy (non-hydrogen) atoms. The SMILES string of the molecule is Cc1cccc(CC(N)c2cc3c(s2)CCCC3)c1. The first-order valence-corrected chi connectivity index (χ1v) is 7.96. The predicted octanol–water partition coefficient (Wildman–Crippen LogP) is 4.18. The molecular formula is C17H21NS. The highest BCUT2D eigenvalue weighted by molar-refractivity contribution is 7.12. The lowest BCUT2D eigenvalue weighted by molar-refractivity contribution is 0.695. The van der Waals surface area contributed by atoms with Gasteiger partial charge >= 0.3 is 0 Å². The van der Waals surface area contributed by atoms with Crippen LogP contribution < -0.4 is 5.73 Å². The topological polar surface area (TPSA) is 26.0 Å². The van der Waals surface area contributed by atoms with Gasteiger partial charge in [-0.1, -0.05) is 29.8 Å². The molecule has 1 aromatic heterocycles. The molecule has 2 heteroatoms. The van der Waals surface area contributed by atoms with E-state index in [1.165, 1.54) is 41.7 Å². The second kappa shape index (κ2) is 5.48. The normalized spacial score (nSPS) is 16.1.